The SMILES string of the molecule is NCCc1ccc(OCOCC2CC2)c(F)c1. The molecule has 2 N–H and O–H groups in total. The molecular formula is C13H18FNO2. The lowest BCUT2D eigenvalue weighted by Gasteiger charge is -2.08. The maximum atomic E-state index is 13.6. The summed E-state index contributed by atoms with van der Waals surface area (Å²) in [5.41, 5.74) is 6.29. The molecule has 0 radical (unpaired) electrons. The predicted molar refractivity (Wildman–Crippen MR) is 63.3 cm³/mol. The summed E-state index contributed by atoms with van der Waals surface area (Å²) >= 11 is 0. The van der Waals surface area contributed by atoms with Crippen molar-refractivity contribution < 1.29 is 13.9 Å². The summed E-state index contributed by atoms with van der Waals surface area (Å²) in [4.78, 5) is 0. The van der Waals surface area contributed by atoms with Crippen LogP contribution in [0.2, 0.25) is 0 Å². The van der Waals surface area contributed by atoms with E-state index in [1.807, 2.05) is 6.07 Å². The Morgan fingerprint density at radius 2 is 2.18 bits per heavy atom. The first-order chi connectivity index (χ1) is 8.29. The zero-order chi connectivity index (χ0) is 12.1. The molecule has 94 valence electrons. The van der Waals surface area contributed by atoms with Crippen molar-refractivity contribution in [3.8, 4) is 5.75 Å². The zero-order valence-electron chi connectivity index (χ0n) is 9.82. The lowest BCUT2D eigenvalue weighted by molar-refractivity contribution is 0.00791. The van der Waals surface area contributed by atoms with Gasteiger partial charge >= 0.3 is 0 Å². The first-order valence-electron chi connectivity index (χ1n) is 5.98. The molecule has 4 heteroatoms. The van der Waals surface area contributed by atoms with Crippen LogP contribution < -0.4 is 10.5 Å². The molecule has 1 aromatic rings. The lowest BCUT2D eigenvalue weighted by Crippen LogP contribution is -2.07. The Morgan fingerprint density at radius 3 is 2.82 bits per heavy atom. The van der Waals surface area contributed by atoms with E-state index in [0.717, 1.165) is 5.56 Å². The highest BCUT2D eigenvalue weighted by Crippen LogP contribution is 2.28. The number of halogens is 1. The van der Waals surface area contributed by atoms with Crippen molar-refractivity contribution in [1.29, 1.82) is 0 Å². The summed E-state index contributed by atoms with van der Waals surface area (Å²) in [6, 6.07) is 4.91. The second-order valence-corrected chi connectivity index (χ2v) is 4.38. The van der Waals surface area contributed by atoms with Gasteiger partial charge in [0.1, 0.15) is 0 Å². The Balaban J connectivity index is 1.78. The summed E-state index contributed by atoms with van der Waals surface area (Å²) in [6.45, 7) is 1.35. The van der Waals surface area contributed by atoms with Gasteiger partial charge in [-0.15, -0.1) is 0 Å². The van der Waals surface area contributed by atoms with Gasteiger partial charge in [-0.1, -0.05) is 6.07 Å². The van der Waals surface area contributed by atoms with Gasteiger partial charge in [-0.25, -0.2) is 4.39 Å². The molecule has 1 saturated carbocycles. The van der Waals surface area contributed by atoms with Gasteiger partial charge in [0.15, 0.2) is 18.4 Å². The van der Waals surface area contributed by atoms with Crippen LogP contribution in [0.25, 0.3) is 0 Å². The van der Waals surface area contributed by atoms with Gasteiger partial charge in [0.05, 0.1) is 6.61 Å². The van der Waals surface area contributed by atoms with Gasteiger partial charge in [0.2, 0.25) is 0 Å². The number of benzene rings is 1. The molecule has 0 amide bonds. The summed E-state index contributed by atoms with van der Waals surface area (Å²) in [7, 11) is 0. The van der Waals surface area contributed by atoms with Crippen molar-refractivity contribution in [1.82, 2.24) is 0 Å². The van der Waals surface area contributed by atoms with Gasteiger partial charge in [0, 0.05) is 0 Å². The van der Waals surface area contributed by atoms with Crippen LogP contribution in [0.1, 0.15) is 18.4 Å². The summed E-state index contributed by atoms with van der Waals surface area (Å²) in [5.74, 6) is 0.572. The van der Waals surface area contributed by atoms with Gasteiger partial charge in [-0.3, -0.25) is 0 Å². The van der Waals surface area contributed by atoms with Gasteiger partial charge in [-0.05, 0) is 49.4 Å². The van der Waals surface area contributed by atoms with Gasteiger partial charge < -0.3 is 15.2 Å². The second-order valence-electron chi connectivity index (χ2n) is 4.38. The summed E-state index contributed by atoms with van der Waals surface area (Å²) in [6.07, 6.45) is 3.15. The Labute approximate surface area is 101 Å². The normalized spacial score (nSPS) is 14.9. The molecule has 1 aliphatic rings. The summed E-state index contributed by atoms with van der Waals surface area (Å²) < 4.78 is 24.1. The standard InChI is InChI=1S/C13H18FNO2/c14-12-7-10(5-6-15)3-4-13(12)17-9-16-8-11-1-2-11/h3-4,7,11H,1-2,5-6,8-9,15H2. The number of hydrogen-bond acceptors (Lipinski definition) is 3. The Hall–Kier alpha value is -1.13. The Morgan fingerprint density at radius 1 is 1.35 bits per heavy atom. The molecule has 0 atom stereocenters. The maximum absolute atomic E-state index is 13.6. The second kappa shape index (κ2) is 5.98. The minimum atomic E-state index is -0.356. The molecule has 1 fully saturated rings. The largest absolute Gasteiger partial charge is 0.464 e. The van der Waals surface area contributed by atoms with Crippen LogP contribution in [0, 0.1) is 11.7 Å². The predicted octanol–water partition coefficient (Wildman–Crippen LogP) is 2.09. The lowest BCUT2D eigenvalue weighted by atomic mass is 10.1. The molecule has 0 aliphatic heterocycles. The van der Waals surface area contributed by atoms with E-state index in [1.165, 1.54) is 18.9 Å². The average molecular weight is 239 g/mol. The fourth-order valence-corrected chi connectivity index (χ4v) is 1.59. The minimum Gasteiger partial charge on any atom is -0.464 e. The van der Waals surface area contributed by atoms with Crippen LogP contribution >= 0.6 is 0 Å². The topological polar surface area (TPSA) is 44.5 Å². The highest BCUT2D eigenvalue weighted by atomic mass is 19.1. The van der Waals surface area contributed by atoms with Crippen LogP contribution in [-0.2, 0) is 11.2 Å². The zero-order valence-corrected chi connectivity index (χ0v) is 9.82. The molecule has 0 spiro atoms. The van der Waals surface area contributed by atoms with Crippen molar-refractivity contribution in [2.45, 2.75) is 19.3 Å². The van der Waals surface area contributed by atoms with Crippen LogP contribution in [-0.4, -0.2) is 19.9 Å². The van der Waals surface area contributed by atoms with E-state index in [4.69, 9.17) is 15.2 Å². The van der Waals surface area contributed by atoms with Crippen molar-refractivity contribution in [2.75, 3.05) is 19.9 Å². The van der Waals surface area contributed by atoms with E-state index < -0.39 is 0 Å². The molecule has 2 rings (SSSR count). The van der Waals surface area contributed by atoms with Gasteiger partial charge in [-0.2, -0.15) is 0 Å². The number of nitrogens with two attached hydrogens (primary N) is 1. The van der Waals surface area contributed by atoms with E-state index in [0.29, 0.717) is 25.5 Å². The quantitative estimate of drug-likeness (QED) is 0.585. The van der Waals surface area contributed by atoms with Crippen LogP contribution in [0.3, 0.4) is 0 Å². The van der Waals surface area contributed by atoms with Crippen molar-refractivity contribution in [2.24, 2.45) is 11.7 Å². The number of hydrogen-bond donors (Lipinski definition) is 1. The average Bonchev–Trinajstić information content (AvgIpc) is 3.11. The van der Waals surface area contributed by atoms with Crippen LogP contribution in [0.5, 0.6) is 5.75 Å². The third-order valence-corrected chi connectivity index (χ3v) is 2.78. The van der Waals surface area contributed by atoms with Crippen molar-refractivity contribution >= 4 is 0 Å². The molecule has 0 heterocycles. The number of ether oxygens (including phenoxy) is 2. The Kier molecular flexibility index (Phi) is 4.34. The summed E-state index contributed by atoms with van der Waals surface area (Å²) in [5, 5.41) is 0. The van der Waals surface area contributed by atoms with E-state index >= 15 is 0 Å². The minimum absolute atomic E-state index is 0.115. The molecule has 0 saturated heterocycles. The van der Waals surface area contributed by atoms with Crippen LogP contribution in [0.4, 0.5) is 4.39 Å². The molecule has 17 heavy (non-hydrogen) atoms. The monoisotopic (exact) mass is 239 g/mol. The van der Waals surface area contributed by atoms with Crippen molar-refractivity contribution in [3.63, 3.8) is 0 Å². The molecule has 1 aliphatic carbocycles. The van der Waals surface area contributed by atoms with Gasteiger partial charge in [0.25, 0.3) is 0 Å². The highest BCUT2D eigenvalue weighted by Gasteiger charge is 2.21. The van der Waals surface area contributed by atoms with E-state index in [-0.39, 0.29) is 18.4 Å². The Bertz CT molecular complexity index is 366. The molecule has 0 bridgehead atoms. The molecule has 0 aromatic heterocycles. The molecular weight excluding hydrogens is 221 g/mol. The third kappa shape index (κ3) is 3.98. The number of rotatable bonds is 7. The smallest absolute Gasteiger partial charge is 0.189 e. The van der Waals surface area contributed by atoms with E-state index in [1.54, 1.807) is 6.07 Å². The maximum Gasteiger partial charge on any atom is 0.189 e. The molecule has 0 unspecified atom stereocenters. The first-order valence-corrected chi connectivity index (χ1v) is 5.98. The molecule has 3 nitrogen and oxygen atoms in total. The fraction of sp³-hybridized carbons (Fsp3) is 0.538. The molecule has 1 aromatic carbocycles. The fourth-order valence-electron chi connectivity index (χ4n) is 1.59. The highest BCUT2D eigenvalue weighted by molar-refractivity contribution is 5.29. The first kappa shape index (κ1) is 12.3. The van der Waals surface area contributed by atoms with E-state index in [2.05, 4.69) is 0 Å². The van der Waals surface area contributed by atoms with E-state index in [9.17, 15) is 4.39 Å². The van der Waals surface area contributed by atoms with Crippen LogP contribution in [0.15, 0.2) is 18.2 Å². The third-order valence-electron chi connectivity index (χ3n) is 2.78. The van der Waals surface area contributed by atoms with Crippen molar-refractivity contribution in [3.05, 3.63) is 29.6 Å².